The number of nitrogens with zero attached hydrogens (tertiary/aromatic N) is 1. The first-order valence-electron chi connectivity index (χ1n) is 6.10. The topological polar surface area (TPSA) is 66.8 Å². The Morgan fingerprint density at radius 3 is 2.59 bits per heavy atom. The van der Waals surface area contributed by atoms with Gasteiger partial charge in [-0.3, -0.25) is 9.59 Å². The van der Waals surface area contributed by atoms with Crippen molar-refractivity contribution in [3.63, 3.8) is 0 Å². The van der Waals surface area contributed by atoms with Crippen molar-refractivity contribution in [2.75, 3.05) is 19.7 Å². The minimum Gasteiger partial charge on any atom is -0.481 e. The standard InChI is InChI=1S/C12H19NO4/c1-8(10(14)15)9-6-13(7-9)11(16)12(2)4-3-5-17-12/h8-9H,3-7H2,1-2H3,(H,14,15). The summed E-state index contributed by atoms with van der Waals surface area (Å²) in [5.74, 6) is -1.06. The molecule has 0 radical (unpaired) electrons. The van der Waals surface area contributed by atoms with E-state index in [-0.39, 0.29) is 17.7 Å². The molecule has 2 saturated heterocycles. The molecular weight excluding hydrogens is 222 g/mol. The number of amides is 1. The number of carboxylic acids is 1. The molecule has 0 saturated carbocycles. The summed E-state index contributed by atoms with van der Waals surface area (Å²) < 4.78 is 5.49. The minimum atomic E-state index is -0.787. The van der Waals surface area contributed by atoms with E-state index in [2.05, 4.69) is 0 Å². The lowest BCUT2D eigenvalue weighted by atomic mass is 9.85. The molecule has 0 aliphatic carbocycles. The Balaban J connectivity index is 1.87. The number of likely N-dealkylation sites (tertiary alicyclic amines) is 1. The maximum atomic E-state index is 12.1. The van der Waals surface area contributed by atoms with Crippen molar-refractivity contribution in [2.24, 2.45) is 11.8 Å². The van der Waals surface area contributed by atoms with Crippen LogP contribution >= 0.6 is 0 Å². The number of hydrogen-bond acceptors (Lipinski definition) is 3. The van der Waals surface area contributed by atoms with Crippen LogP contribution in [-0.4, -0.2) is 47.2 Å². The van der Waals surface area contributed by atoms with Crippen molar-refractivity contribution in [1.29, 1.82) is 0 Å². The van der Waals surface area contributed by atoms with Crippen LogP contribution in [0.3, 0.4) is 0 Å². The second-order valence-corrected chi connectivity index (χ2v) is 5.28. The van der Waals surface area contributed by atoms with Gasteiger partial charge in [-0.2, -0.15) is 0 Å². The molecule has 96 valence electrons. The second kappa shape index (κ2) is 4.29. The van der Waals surface area contributed by atoms with Crippen LogP contribution in [0.1, 0.15) is 26.7 Å². The van der Waals surface area contributed by atoms with E-state index in [9.17, 15) is 9.59 Å². The van der Waals surface area contributed by atoms with E-state index in [4.69, 9.17) is 9.84 Å². The Labute approximate surface area is 101 Å². The van der Waals surface area contributed by atoms with Crippen molar-refractivity contribution < 1.29 is 19.4 Å². The highest BCUT2D eigenvalue weighted by molar-refractivity contribution is 5.86. The van der Waals surface area contributed by atoms with Gasteiger partial charge in [0, 0.05) is 25.6 Å². The van der Waals surface area contributed by atoms with Gasteiger partial charge in [-0.05, 0) is 19.8 Å². The molecule has 0 aromatic heterocycles. The summed E-state index contributed by atoms with van der Waals surface area (Å²) in [6, 6.07) is 0. The molecule has 17 heavy (non-hydrogen) atoms. The molecular formula is C12H19NO4. The Bertz CT molecular complexity index is 329. The summed E-state index contributed by atoms with van der Waals surface area (Å²) in [6.45, 7) is 5.26. The third-order valence-electron chi connectivity index (χ3n) is 3.96. The van der Waals surface area contributed by atoms with Gasteiger partial charge in [0.25, 0.3) is 5.91 Å². The first-order valence-corrected chi connectivity index (χ1v) is 6.10. The SMILES string of the molecule is CC(C(=O)O)C1CN(C(=O)C2(C)CCCO2)C1. The van der Waals surface area contributed by atoms with Gasteiger partial charge in [-0.15, -0.1) is 0 Å². The lowest BCUT2D eigenvalue weighted by Gasteiger charge is -2.44. The van der Waals surface area contributed by atoms with E-state index in [0.29, 0.717) is 19.7 Å². The normalized spacial score (nSPS) is 31.1. The van der Waals surface area contributed by atoms with E-state index < -0.39 is 11.6 Å². The number of hydrogen-bond donors (Lipinski definition) is 1. The second-order valence-electron chi connectivity index (χ2n) is 5.28. The third-order valence-corrected chi connectivity index (χ3v) is 3.96. The molecule has 2 aliphatic heterocycles. The van der Waals surface area contributed by atoms with Crippen LogP contribution in [0.4, 0.5) is 0 Å². The first kappa shape index (κ1) is 12.4. The Hall–Kier alpha value is -1.10. The molecule has 0 aromatic rings. The lowest BCUT2D eigenvalue weighted by molar-refractivity contribution is -0.162. The van der Waals surface area contributed by atoms with Crippen LogP contribution in [0.25, 0.3) is 0 Å². The van der Waals surface area contributed by atoms with Crippen molar-refractivity contribution in [2.45, 2.75) is 32.3 Å². The molecule has 2 atom stereocenters. The van der Waals surface area contributed by atoms with Gasteiger partial charge < -0.3 is 14.7 Å². The summed E-state index contributed by atoms with van der Waals surface area (Å²) in [4.78, 5) is 24.7. The Morgan fingerprint density at radius 2 is 2.12 bits per heavy atom. The van der Waals surface area contributed by atoms with Crippen LogP contribution in [0.15, 0.2) is 0 Å². The highest BCUT2D eigenvalue weighted by atomic mass is 16.5. The number of carboxylic acid groups (broad SMARTS) is 1. The van der Waals surface area contributed by atoms with Crippen molar-refractivity contribution in [3.8, 4) is 0 Å². The molecule has 0 bridgehead atoms. The van der Waals surface area contributed by atoms with Crippen LogP contribution in [-0.2, 0) is 14.3 Å². The zero-order valence-corrected chi connectivity index (χ0v) is 10.3. The van der Waals surface area contributed by atoms with Crippen LogP contribution in [0, 0.1) is 11.8 Å². The zero-order valence-electron chi connectivity index (χ0n) is 10.3. The summed E-state index contributed by atoms with van der Waals surface area (Å²) in [6.07, 6.45) is 1.69. The van der Waals surface area contributed by atoms with Gasteiger partial charge in [0.15, 0.2) is 0 Å². The molecule has 5 heteroatoms. The fourth-order valence-corrected chi connectivity index (χ4v) is 2.48. The predicted molar refractivity (Wildman–Crippen MR) is 60.5 cm³/mol. The van der Waals surface area contributed by atoms with E-state index >= 15 is 0 Å². The average molecular weight is 241 g/mol. The fraction of sp³-hybridized carbons (Fsp3) is 0.833. The van der Waals surface area contributed by atoms with E-state index in [1.165, 1.54) is 0 Å². The van der Waals surface area contributed by atoms with Crippen LogP contribution in [0.5, 0.6) is 0 Å². The maximum Gasteiger partial charge on any atom is 0.306 e. The number of rotatable bonds is 3. The summed E-state index contributed by atoms with van der Waals surface area (Å²) in [5.41, 5.74) is -0.669. The van der Waals surface area contributed by atoms with E-state index in [1.807, 2.05) is 6.92 Å². The molecule has 2 fully saturated rings. The van der Waals surface area contributed by atoms with E-state index in [1.54, 1.807) is 11.8 Å². The molecule has 2 aliphatic rings. The van der Waals surface area contributed by atoms with Gasteiger partial charge in [0.1, 0.15) is 5.60 Å². The van der Waals surface area contributed by atoms with Gasteiger partial charge in [0.05, 0.1) is 5.92 Å². The van der Waals surface area contributed by atoms with Gasteiger partial charge in [-0.25, -0.2) is 0 Å². The summed E-state index contributed by atoms with van der Waals surface area (Å²) in [7, 11) is 0. The van der Waals surface area contributed by atoms with Gasteiger partial charge in [0.2, 0.25) is 0 Å². The number of carbonyl (C=O) groups excluding carboxylic acids is 1. The zero-order chi connectivity index (χ0) is 12.6. The molecule has 5 nitrogen and oxygen atoms in total. The number of ether oxygens (including phenoxy) is 1. The first-order chi connectivity index (χ1) is 7.94. The molecule has 1 N–H and O–H groups in total. The molecule has 2 heterocycles. The molecule has 0 spiro atoms. The smallest absolute Gasteiger partial charge is 0.306 e. The highest BCUT2D eigenvalue weighted by Gasteiger charge is 2.46. The lowest BCUT2D eigenvalue weighted by Crippen LogP contribution is -2.59. The van der Waals surface area contributed by atoms with E-state index in [0.717, 1.165) is 12.8 Å². The molecule has 1 amide bonds. The molecule has 0 aromatic carbocycles. The Morgan fingerprint density at radius 1 is 1.47 bits per heavy atom. The third kappa shape index (κ3) is 2.16. The summed E-state index contributed by atoms with van der Waals surface area (Å²) >= 11 is 0. The van der Waals surface area contributed by atoms with Gasteiger partial charge in [-0.1, -0.05) is 6.92 Å². The predicted octanol–water partition coefficient (Wildman–Crippen LogP) is 0.735. The van der Waals surface area contributed by atoms with Crippen LogP contribution in [0.2, 0.25) is 0 Å². The average Bonchev–Trinajstić information content (AvgIpc) is 2.63. The highest BCUT2D eigenvalue weighted by Crippen LogP contribution is 2.32. The fourth-order valence-electron chi connectivity index (χ4n) is 2.48. The van der Waals surface area contributed by atoms with Crippen molar-refractivity contribution in [3.05, 3.63) is 0 Å². The maximum absolute atomic E-state index is 12.1. The minimum absolute atomic E-state index is 0.0174. The van der Waals surface area contributed by atoms with Crippen LogP contribution < -0.4 is 0 Å². The Kier molecular flexibility index (Phi) is 3.12. The number of aliphatic carboxylic acids is 1. The summed E-state index contributed by atoms with van der Waals surface area (Å²) in [5, 5.41) is 8.88. The largest absolute Gasteiger partial charge is 0.481 e. The molecule has 2 rings (SSSR count). The van der Waals surface area contributed by atoms with Crippen molar-refractivity contribution in [1.82, 2.24) is 4.90 Å². The molecule has 2 unspecified atom stereocenters. The number of carbonyl (C=O) groups is 2. The monoisotopic (exact) mass is 241 g/mol. The van der Waals surface area contributed by atoms with Crippen molar-refractivity contribution >= 4 is 11.9 Å². The quantitative estimate of drug-likeness (QED) is 0.791. The van der Waals surface area contributed by atoms with Gasteiger partial charge >= 0.3 is 5.97 Å².